The third kappa shape index (κ3) is 4.87. The fraction of sp³-hybridized carbons (Fsp3) is 0.308. The second-order valence-corrected chi connectivity index (χ2v) is 9.33. The average molecular weight is 504 g/mol. The smallest absolute Gasteiger partial charge is 0.338 e. The first-order valence-corrected chi connectivity index (χ1v) is 12.2. The fourth-order valence-corrected chi connectivity index (χ4v) is 5.25. The van der Waals surface area contributed by atoms with Gasteiger partial charge in [-0.3, -0.25) is 0 Å². The molecule has 0 saturated heterocycles. The van der Waals surface area contributed by atoms with Crippen molar-refractivity contribution in [1.29, 1.82) is 10.5 Å². The Morgan fingerprint density at radius 1 is 1.31 bits per heavy atom. The molecule has 0 fully saturated rings. The van der Waals surface area contributed by atoms with Crippen LogP contribution < -0.4 is 10.5 Å². The molecule has 0 amide bonds. The molecule has 0 aliphatic carbocycles. The number of pyridine rings is 1. The van der Waals surface area contributed by atoms with Crippen LogP contribution in [0.25, 0.3) is 0 Å². The van der Waals surface area contributed by atoms with Crippen molar-refractivity contribution < 1.29 is 19.0 Å². The summed E-state index contributed by atoms with van der Waals surface area (Å²) in [5.74, 6) is -0.553. The van der Waals surface area contributed by atoms with Gasteiger partial charge in [-0.1, -0.05) is 23.9 Å². The lowest BCUT2D eigenvalue weighted by Gasteiger charge is -2.28. The van der Waals surface area contributed by atoms with Crippen LogP contribution in [0, 0.1) is 22.7 Å². The summed E-state index contributed by atoms with van der Waals surface area (Å²) in [7, 11) is 4.84. The highest BCUT2D eigenvalue weighted by Crippen LogP contribution is 2.42. The zero-order valence-electron chi connectivity index (χ0n) is 20.2. The summed E-state index contributed by atoms with van der Waals surface area (Å²) in [5, 5.41) is 20.1. The molecule has 0 bridgehead atoms. The first kappa shape index (κ1) is 25.1. The number of nitriles is 2. The summed E-state index contributed by atoms with van der Waals surface area (Å²) in [6, 6.07) is 13.2. The summed E-state index contributed by atoms with van der Waals surface area (Å²) < 4.78 is 16.2. The van der Waals surface area contributed by atoms with Crippen LogP contribution in [0.3, 0.4) is 0 Å². The van der Waals surface area contributed by atoms with Gasteiger partial charge in [0.2, 0.25) is 5.88 Å². The van der Waals surface area contributed by atoms with E-state index in [0.717, 1.165) is 30.8 Å². The first-order chi connectivity index (χ1) is 17.4. The number of rotatable bonds is 6. The Bertz CT molecular complexity index is 1360. The number of carbonyl (C=O) groups excluding carboxylic acids is 1. The van der Waals surface area contributed by atoms with Gasteiger partial charge in [-0.2, -0.15) is 10.5 Å². The molecule has 2 aliphatic heterocycles. The number of nitrogens with zero attached hydrogens (tertiary/aromatic N) is 4. The molecule has 4 rings (SSSR count). The molecule has 2 N–H and O–H groups in total. The van der Waals surface area contributed by atoms with E-state index in [-0.39, 0.29) is 28.5 Å². The van der Waals surface area contributed by atoms with Crippen LogP contribution in [-0.2, 0) is 27.2 Å². The maximum Gasteiger partial charge on any atom is 0.338 e. The number of hydrogen-bond donors (Lipinski definition) is 1. The second-order valence-electron chi connectivity index (χ2n) is 8.37. The lowest BCUT2D eigenvalue weighted by Crippen LogP contribution is -2.27. The molecule has 9 nitrogen and oxygen atoms in total. The van der Waals surface area contributed by atoms with Crippen LogP contribution in [0.15, 0.2) is 58.1 Å². The van der Waals surface area contributed by atoms with Crippen LogP contribution in [-0.4, -0.2) is 49.4 Å². The number of esters is 1. The molecular formula is C26H25N5O4S. The summed E-state index contributed by atoms with van der Waals surface area (Å²) in [6.45, 7) is 1.63. The minimum absolute atomic E-state index is 0.0875. The van der Waals surface area contributed by atoms with Crippen molar-refractivity contribution in [2.24, 2.45) is 5.73 Å². The van der Waals surface area contributed by atoms with Crippen LogP contribution in [0.1, 0.15) is 28.3 Å². The molecule has 0 spiro atoms. The van der Waals surface area contributed by atoms with Crippen LogP contribution >= 0.6 is 11.8 Å². The Labute approximate surface area is 213 Å². The first-order valence-electron chi connectivity index (χ1n) is 11.2. The fourth-order valence-electron chi connectivity index (χ4n) is 4.33. The van der Waals surface area contributed by atoms with E-state index in [1.54, 1.807) is 24.3 Å². The molecule has 3 heterocycles. The normalized spacial score (nSPS) is 17.5. The summed E-state index contributed by atoms with van der Waals surface area (Å²) >= 11 is 1.28. The molecule has 10 heteroatoms. The van der Waals surface area contributed by atoms with Gasteiger partial charge in [-0.05, 0) is 36.4 Å². The average Bonchev–Trinajstić information content (AvgIpc) is 2.90. The van der Waals surface area contributed by atoms with E-state index in [9.17, 15) is 15.3 Å². The number of allylic oxidation sites excluding steroid dienone is 1. The van der Waals surface area contributed by atoms with Crippen LogP contribution in [0.5, 0.6) is 5.75 Å². The van der Waals surface area contributed by atoms with Gasteiger partial charge in [0, 0.05) is 25.2 Å². The van der Waals surface area contributed by atoms with E-state index in [0.29, 0.717) is 21.9 Å². The van der Waals surface area contributed by atoms with E-state index in [2.05, 4.69) is 17.0 Å². The summed E-state index contributed by atoms with van der Waals surface area (Å²) in [4.78, 5) is 19.9. The Morgan fingerprint density at radius 2 is 2.11 bits per heavy atom. The van der Waals surface area contributed by atoms with Gasteiger partial charge < -0.3 is 24.8 Å². The maximum atomic E-state index is 13.0. The highest BCUT2D eigenvalue weighted by atomic mass is 32.2. The molecular weight excluding hydrogens is 478 g/mol. The van der Waals surface area contributed by atoms with Crippen molar-refractivity contribution in [3.8, 4) is 17.9 Å². The van der Waals surface area contributed by atoms with Gasteiger partial charge in [0.05, 0.1) is 37.0 Å². The lowest BCUT2D eigenvalue weighted by molar-refractivity contribution is -0.136. The van der Waals surface area contributed by atoms with Gasteiger partial charge in [-0.25, -0.2) is 9.78 Å². The number of aromatic nitrogens is 1. The van der Waals surface area contributed by atoms with E-state index >= 15 is 0 Å². The molecule has 2 aromatic rings. The second kappa shape index (κ2) is 10.7. The molecule has 1 atom stereocenters. The Balaban J connectivity index is 1.75. The summed E-state index contributed by atoms with van der Waals surface area (Å²) in [6.07, 6.45) is 0.789. The molecule has 0 saturated carbocycles. The number of hydrogen-bond acceptors (Lipinski definition) is 10. The van der Waals surface area contributed by atoms with Gasteiger partial charge in [0.15, 0.2) is 0 Å². The number of thioether (sulfide) groups is 1. The third-order valence-corrected chi connectivity index (χ3v) is 7.11. The number of nitrogens with two attached hydrogens (primary N) is 1. The third-order valence-electron chi connectivity index (χ3n) is 6.12. The quantitative estimate of drug-likeness (QED) is 0.463. The van der Waals surface area contributed by atoms with Crippen molar-refractivity contribution >= 4 is 17.7 Å². The van der Waals surface area contributed by atoms with Crippen molar-refractivity contribution in [2.45, 2.75) is 23.9 Å². The van der Waals surface area contributed by atoms with Gasteiger partial charge in [0.1, 0.15) is 34.2 Å². The van der Waals surface area contributed by atoms with E-state index in [1.165, 1.54) is 26.0 Å². The number of carbonyl (C=O) groups is 1. The SMILES string of the molecule is COC(=O)C1=C(CSc2nc3c(cc2C#N)CN(C)CC3)OC(N)=C(C#N)[C@H]1c1cccc(OC)c1. The van der Waals surface area contributed by atoms with Crippen LogP contribution in [0.4, 0.5) is 0 Å². The zero-order valence-corrected chi connectivity index (χ0v) is 21.0. The Kier molecular flexibility index (Phi) is 7.49. The maximum absolute atomic E-state index is 13.0. The van der Waals surface area contributed by atoms with Crippen molar-refractivity contribution in [3.05, 3.63) is 75.5 Å². The van der Waals surface area contributed by atoms with Gasteiger partial charge in [-0.15, -0.1) is 0 Å². The minimum Gasteiger partial charge on any atom is -0.497 e. The summed E-state index contributed by atoms with van der Waals surface area (Å²) in [5.41, 5.74) is 9.50. The Morgan fingerprint density at radius 3 is 2.81 bits per heavy atom. The van der Waals surface area contributed by atoms with Gasteiger partial charge in [0.25, 0.3) is 0 Å². The molecule has 1 aromatic carbocycles. The highest BCUT2D eigenvalue weighted by Gasteiger charge is 2.37. The number of fused-ring (bicyclic) bond motifs is 1. The topological polar surface area (TPSA) is 134 Å². The molecule has 0 radical (unpaired) electrons. The monoisotopic (exact) mass is 503 g/mol. The van der Waals surface area contributed by atoms with Crippen molar-refractivity contribution in [1.82, 2.24) is 9.88 Å². The molecule has 184 valence electrons. The lowest BCUT2D eigenvalue weighted by atomic mass is 9.83. The number of benzene rings is 1. The molecule has 36 heavy (non-hydrogen) atoms. The van der Waals surface area contributed by atoms with Crippen LogP contribution in [0.2, 0.25) is 0 Å². The van der Waals surface area contributed by atoms with Gasteiger partial charge >= 0.3 is 5.97 Å². The zero-order chi connectivity index (χ0) is 25.8. The minimum atomic E-state index is -0.802. The Hall–Kier alpha value is -3.99. The van der Waals surface area contributed by atoms with E-state index < -0.39 is 11.9 Å². The molecule has 2 aliphatic rings. The highest BCUT2D eigenvalue weighted by molar-refractivity contribution is 7.99. The molecule has 0 unspecified atom stereocenters. The predicted molar refractivity (Wildman–Crippen MR) is 132 cm³/mol. The van der Waals surface area contributed by atoms with Crippen molar-refractivity contribution in [3.63, 3.8) is 0 Å². The predicted octanol–water partition coefficient (Wildman–Crippen LogP) is 2.98. The van der Waals surface area contributed by atoms with Crippen molar-refractivity contribution in [2.75, 3.05) is 33.6 Å². The number of likely N-dealkylation sites (N-methyl/N-ethyl adjacent to an activating group) is 1. The standard InChI is InChI=1S/C26H25N5O4S/c1-31-8-7-20-17(13-31)9-16(11-27)25(30-20)36-14-21-23(26(32)34-3)22(19(12-28)24(29)35-21)15-5-4-6-18(10-15)33-2/h4-6,9-10,22H,7-8,13-14,29H2,1-3H3/t22-/m1/s1. The van der Waals surface area contributed by atoms with E-state index in [4.69, 9.17) is 24.9 Å². The number of methoxy groups -OCH3 is 2. The number of ether oxygens (including phenoxy) is 3. The largest absolute Gasteiger partial charge is 0.497 e. The van der Waals surface area contributed by atoms with E-state index in [1.807, 2.05) is 13.1 Å². The molecule has 1 aromatic heterocycles.